The van der Waals surface area contributed by atoms with Crippen molar-refractivity contribution in [3.8, 4) is 17.6 Å². The van der Waals surface area contributed by atoms with Crippen molar-refractivity contribution < 1.29 is 9.66 Å². The Morgan fingerprint density at radius 2 is 1.95 bits per heavy atom. The maximum atomic E-state index is 10.6. The number of nitro groups is 1. The van der Waals surface area contributed by atoms with Crippen LogP contribution in [0, 0.1) is 28.4 Å². The summed E-state index contributed by atoms with van der Waals surface area (Å²) >= 11 is 5.95. The molecular weight excluding hydrogens is 280 g/mol. The van der Waals surface area contributed by atoms with Gasteiger partial charge in [-0.3, -0.25) is 10.1 Å². The van der Waals surface area contributed by atoms with E-state index in [9.17, 15) is 10.1 Å². The number of benzene rings is 2. The van der Waals surface area contributed by atoms with E-state index < -0.39 is 4.92 Å². The topological polar surface area (TPSA) is 76.2 Å². The van der Waals surface area contributed by atoms with Crippen LogP contribution in [0.2, 0.25) is 5.02 Å². The Balaban J connectivity index is 2.31. The van der Waals surface area contributed by atoms with Gasteiger partial charge in [0.05, 0.1) is 21.6 Å². The van der Waals surface area contributed by atoms with Gasteiger partial charge in [0.15, 0.2) is 0 Å². The van der Waals surface area contributed by atoms with Crippen LogP contribution < -0.4 is 4.74 Å². The first-order valence-corrected chi connectivity index (χ1v) is 6.01. The van der Waals surface area contributed by atoms with Gasteiger partial charge >= 0.3 is 0 Å². The number of nitriles is 1. The molecule has 0 spiro atoms. The molecule has 0 aliphatic carbocycles. The van der Waals surface area contributed by atoms with E-state index >= 15 is 0 Å². The van der Waals surface area contributed by atoms with Crippen molar-refractivity contribution in [1.82, 2.24) is 0 Å². The van der Waals surface area contributed by atoms with Crippen molar-refractivity contribution >= 4 is 17.3 Å². The van der Waals surface area contributed by atoms with Gasteiger partial charge in [-0.25, -0.2) is 0 Å². The molecule has 0 radical (unpaired) electrons. The second-order valence-corrected chi connectivity index (χ2v) is 4.47. The van der Waals surface area contributed by atoms with Crippen molar-refractivity contribution in [2.45, 2.75) is 6.92 Å². The molecule has 0 heterocycles. The molecule has 2 aromatic rings. The maximum Gasteiger partial charge on any atom is 0.271 e. The number of nitro benzene ring substituents is 1. The van der Waals surface area contributed by atoms with Crippen LogP contribution in [0.4, 0.5) is 5.69 Å². The van der Waals surface area contributed by atoms with Crippen LogP contribution in [0.25, 0.3) is 0 Å². The number of rotatable bonds is 3. The molecule has 6 heteroatoms. The summed E-state index contributed by atoms with van der Waals surface area (Å²) in [6, 6.07) is 11.0. The predicted octanol–water partition coefficient (Wildman–Crippen LogP) is 4.22. The molecule has 0 N–H and O–H groups in total. The second-order valence-electron chi connectivity index (χ2n) is 4.07. The number of halogens is 1. The van der Waals surface area contributed by atoms with E-state index in [1.165, 1.54) is 18.2 Å². The molecule has 0 bridgehead atoms. The average Bonchev–Trinajstić information content (AvgIpc) is 2.42. The normalized spacial score (nSPS) is 9.85. The van der Waals surface area contributed by atoms with E-state index in [0.717, 1.165) is 5.56 Å². The van der Waals surface area contributed by atoms with Gasteiger partial charge in [0.2, 0.25) is 0 Å². The number of non-ortho nitro benzene ring substituents is 1. The van der Waals surface area contributed by atoms with E-state index in [1.807, 2.05) is 6.07 Å². The number of ether oxygens (including phenoxy) is 1. The van der Waals surface area contributed by atoms with Crippen LogP contribution in [0.1, 0.15) is 11.1 Å². The summed E-state index contributed by atoms with van der Waals surface area (Å²) in [5.41, 5.74) is 1.21. The first-order valence-electron chi connectivity index (χ1n) is 5.64. The lowest BCUT2D eigenvalue weighted by Gasteiger charge is -2.10. The minimum absolute atomic E-state index is 0.0982. The molecule has 0 saturated heterocycles. The molecule has 0 amide bonds. The fraction of sp³-hybridized carbons (Fsp3) is 0.0714. The Labute approximate surface area is 120 Å². The lowest BCUT2D eigenvalue weighted by atomic mass is 10.1. The van der Waals surface area contributed by atoms with Gasteiger partial charge < -0.3 is 4.74 Å². The quantitative estimate of drug-likeness (QED) is 0.626. The van der Waals surface area contributed by atoms with Crippen LogP contribution in [0.15, 0.2) is 36.4 Å². The summed E-state index contributed by atoms with van der Waals surface area (Å²) in [6.07, 6.45) is 0. The molecule has 5 nitrogen and oxygen atoms in total. The Morgan fingerprint density at radius 3 is 2.50 bits per heavy atom. The highest BCUT2D eigenvalue weighted by molar-refractivity contribution is 6.32. The van der Waals surface area contributed by atoms with E-state index in [4.69, 9.17) is 21.6 Å². The molecule has 2 aromatic carbocycles. The molecule has 0 aromatic heterocycles. The molecule has 20 heavy (non-hydrogen) atoms. The molecule has 0 fully saturated rings. The highest BCUT2D eigenvalue weighted by Gasteiger charge is 2.11. The van der Waals surface area contributed by atoms with Crippen molar-refractivity contribution in [1.29, 1.82) is 5.26 Å². The first kappa shape index (κ1) is 13.8. The zero-order chi connectivity index (χ0) is 14.7. The van der Waals surface area contributed by atoms with Crippen LogP contribution in [0.5, 0.6) is 11.5 Å². The van der Waals surface area contributed by atoms with Crippen LogP contribution >= 0.6 is 11.6 Å². The van der Waals surface area contributed by atoms with Gasteiger partial charge in [0, 0.05) is 12.1 Å². The van der Waals surface area contributed by atoms with Gasteiger partial charge in [-0.1, -0.05) is 11.6 Å². The lowest BCUT2D eigenvalue weighted by Crippen LogP contribution is -1.91. The van der Waals surface area contributed by atoms with Crippen molar-refractivity contribution in [3.05, 3.63) is 62.7 Å². The van der Waals surface area contributed by atoms with E-state index in [-0.39, 0.29) is 10.7 Å². The average molecular weight is 289 g/mol. The largest absolute Gasteiger partial charge is 0.456 e. The summed E-state index contributed by atoms with van der Waals surface area (Å²) in [7, 11) is 0. The third-order valence-corrected chi connectivity index (χ3v) is 2.95. The molecule has 100 valence electrons. The molecule has 2 rings (SSSR count). The summed E-state index contributed by atoms with van der Waals surface area (Å²) in [5.74, 6) is 0.866. The van der Waals surface area contributed by atoms with E-state index in [1.54, 1.807) is 25.1 Å². The fourth-order valence-corrected chi connectivity index (χ4v) is 1.85. The lowest BCUT2D eigenvalue weighted by molar-refractivity contribution is -0.384. The molecule has 0 atom stereocenters. The highest BCUT2D eigenvalue weighted by atomic mass is 35.5. The van der Waals surface area contributed by atoms with Crippen LogP contribution in [-0.2, 0) is 0 Å². The highest BCUT2D eigenvalue weighted by Crippen LogP contribution is 2.33. The number of nitrogens with zero attached hydrogens (tertiary/aromatic N) is 2. The summed E-state index contributed by atoms with van der Waals surface area (Å²) < 4.78 is 5.61. The summed E-state index contributed by atoms with van der Waals surface area (Å²) in [5, 5.41) is 19.6. The van der Waals surface area contributed by atoms with Gasteiger partial charge in [0.1, 0.15) is 11.5 Å². The monoisotopic (exact) mass is 288 g/mol. The van der Waals surface area contributed by atoms with Crippen LogP contribution in [0.3, 0.4) is 0 Å². The first-order chi connectivity index (χ1) is 9.51. The Hall–Kier alpha value is -2.58. The van der Waals surface area contributed by atoms with Crippen molar-refractivity contribution in [2.75, 3.05) is 0 Å². The number of hydrogen-bond donors (Lipinski definition) is 0. The number of hydrogen-bond acceptors (Lipinski definition) is 4. The Morgan fingerprint density at radius 1 is 1.25 bits per heavy atom. The third-order valence-electron chi connectivity index (χ3n) is 2.65. The van der Waals surface area contributed by atoms with Crippen molar-refractivity contribution in [2.24, 2.45) is 0 Å². The maximum absolute atomic E-state index is 10.6. The summed E-state index contributed by atoms with van der Waals surface area (Å²) in [4.78, 5) is 10.1. The zero-order valence-corrected chi connectivity index (χ0v) is 11.2. The standard InChI is InChI=1S/C14H9ClN2O3/c1-9-6-10(8-16)2-4-13(9)20-14-5-3-11(17(18)19)7-12(14)15/h2-7H,1H3. The fourth-order valence-electron chi connectivity index (χ4n) is 1.64. The minimum atomic E-state index is -0.525. The molecular formula is C14H9ClN2O3. The zero-order valence-electron chi connectivity index (χ0n) is 10.5. The smallest absolute Gasteiger partial charge is 0.271 e. The van der Waals surface area contributed by atoms with Gasteiger partial charge in [0.25, 0.3) is 5.69 Å². The van der Waals surface area contributed by atoms with Gasteiger partial charge in [-0.15, -0.1) is 0 Å². The second kappa shape index (κ2) is 5.59. The van der Waals surface area contributed by atoms with Gasteiger partial charge in [-0.2, -0.15) is 5.26 Å². The molecule has 0 saturated carbocycles. The molecule has 0 unspecified atom stereocenters. The van der Waals surface area contributed by atoms with E-state index in [2.05, 4.69) is 0 Å². The van der Waals surface area contributed by atoms with Crippen LogP contribution in [-0.4, -0.2) is 4.92 Å². The Bertz CT molecular complexity index is 723. The van der Waals surface area contributed by atoms with Gasteiger partial charge in [-0.05, 0) is 36.8 Å². The molecule has 0 aliphatic rings. The number of aryl methyl sites for hydroxylation is 1. The minimum Gasteiger partial charge on any atom is -0.456 e. The molecule has 0 aliphatic heterocycles. The van der Waals surface area contributed by atoms with E-state index in [0.29, 0.717) is 17.1 Å². The predicted molar refractivity (Wildman–Crippen MR) is 74.1 cm³/mol. The third kappa shape index (κ3) is 2.87. The summed E-state index contributed by atoms with van der Waals surface area (Å²) in [6.45, 7) is 1.80. The Kier molecular flexibility index (Phi) is 3.87. The SMILES string of the molecule is Cc1cc(C#N)ccc1Oc1ccc([N+](=O)[O-])cc1Cl. The van der Waals surface area contributed by atoms with Crippen molar-refractivity contribution in [3.63, 3.8) is 0 Å².